The number of H-pyrrole nitrogens is 6. The van der Waals surface area contributed by atoms with E-state index < -0.39 is 0 Å². The first-order valence-corrected chi connectivity index (χ1v) is 13.9. The molecule has 204 valence electrons. The van der Waals surface area contributed by atoms with Crippen LogP contribution in [0.1, 0.15) is 0 Å². The second-order valence-electron chi connectivity index (χ2n) is 10.2. The van der Waals surface area contributed by atoms with Crippen molar-refractivity contribution in [3.63, 3.8) is 0 Å². The van der Waals surface area contributed by atoms with Crippen molar-refractivity contribution >= 4 is 66.2 Å². The molecule has 0 atom stereocenters. The molecule has 6 aromatic carbocycles. The lowest BCUT2D eigenvalue weighted by atomic mass is 10.2. The smallest absolute Gasteiger partial charge is 0.0405 e. The SMILES string of the molecule is c1cc2cc(c1)[nH]c1cccc(c1)[nH]c1cccc(c1)[nH]c1cccc(c1)[nH]c1cccc(c1)[nH]c1cccc(c1)[nH]2. The zero-order valence-electron chi connectivity index (χ0n) is 22.9. The van der Waals surface area contributed by atoms with Crippen molar-refractivity contribution in [2.75, 3.05) is 0 Å². The van der Waals surface area contributed by atoms with E-state index in [0.29, 0.717) is 0 Å². The Labute approximate surface area is 241 Å². The van der Waals surface area contributed by atoms with Gasteiger partial charge < -0.3 is 29.9 Å². The summed E-state index contributed by atoms with van der Waals surface area (Å²) in [4.78, 5) is 21.3. The molecule has 0 amide bonds. The Morgan fingerprint density at radius 3 is 0.429 bits per heavy atom. The van der Waals surface area contributed by atoms with Crippen LogP contribution in [0.2, 0.25) is 0 Å². The highest BCUT2D eigenvalue weighted by molar-refractivity contribution is 5.71. The van der Waals surface area contributed by atoms with Crippen molar-refractivity contribution in [3.8, 4) is 0 Å². The number of hydrogen-bond donors (Lipinski definition) is 6. The van der Waals surface area contributed by atoms with Crippen molar-refractivity contribution in [2.45, 2.75) is 0 Å². The molecule has 6 heteroatoms. The molecule has 12 bridgehead atoms. The van der Waals surface area contributed by atoms with E-state index in [0.717, 1.165) is 66.2 Å². The Morgan fingerprint density at radius 2 is 0.310 bits per heavy atom. The number of aromatic amines is 6. The predicted octanol–water partition coefficient (Wildman–Crippen LogP) is 9.63. The van der Waals surface area contributed by atoms with Crippen molar-refractivity contribution in [3.05, 3.63) is 146 Å². The van der Waals surface area contributed by atoms with Gasteiger partial charge in [-0.15, -0.1) is 0 Å². The minimum atomic E-state index is 0.999. The number of fused-ring (bicyclic) bond motifs is 12. The third-order valence-corrected chi connectivity index (χ3v) is 6.91. The maximum atomic E-state index is 3.54. The zero-order chi connectivity index (χ0) is 28.1. The van der Waals surface area contributed by atoms with Crippen molar-refractivity contribution in [1.82, 2.24) is 29.9 Å². The van der Waals surface area contributed by atoms with Gasteiger partial charge in [0.2, 0.25) is 0 Å². The maximum Gasteiger partial charge on any atom is 0.0405 e. The maximum absolute atomic E-state index is 3.54. The number of aromatic nitrogens is 6. The van der Waals surface area contributed by atoms with Gasteiger partial charge in [0.15, 0.2) is 0 Å². The average Bonchev–Trinajstić information content (AvgIpc) is 2.98. The summed E-state index contributed by atoms with van der Waals surface area (Å²) in [5.41, 5.74) is 12.0. The molecular formula is C36H30N6. The lowest BCUT2D eigenvalue weighted by molar-refractivity contribution is 1.42. The molecule has 6 N–H and O–H groups in total. The van der Waals surface area contributed by atoms with Crippen LogP contribution in [0.15, 0.2) is 146 Å². The highest BCUT2D eigenvalue weighted by Gasteiger charge is 1.92. The third kappa shape index (κ3) is 6.13. The molecular weight excluding hydrogens is 516 g/mol. The van der Waals surface area contributed by atoms with E-state index in [4.69, 9.17) is 0 Å². The standard InChI is InChI=1S/C36H30N6/c1-7-25-19-26(8-1)38-28-10-3-12-30(21-28)40-32-14-5-16-34(23-32)42-36-18-6-17-35(24-36)41-33-15-4-13-31(22-33)39-29-11-2-9-27(20-29)37-25/h1-24,37-42H. The summed E-state index contributed by atoms with van der Waals surface area (Å²) < 4.78 is 0. The highest BCUT2D eigenvalue weighted by Crippen LogP contribution is 2.12. The van der Waals surface area contributed by atoms with Crippen molar-refractivity contribution in [2.24, 2.45) is 0 Å². The zero-order valence-corrected chi connectivity index (χ0v) is 22.9. The Kier molecular flexibility index (Phi) is 6.76. The lowest BCUT2D eigenvalue weighted by Crippen LogP contribution is -1.80. The number of nitrogens with one attached hydrogen (secondary N) is 6. The fourth-order valence-corrected chi connectivity index (χ4v) is 5.05. The third-order valence-electron chi connectivity index (χ3n) is 6.91. The second-order valence-corrected chi connectivity index (χ2v) is 10.2. The molecule has 0 unspecified atom stereocenters. The van der Waals surface area contributed by atoms with Crippen LogP contribution in [0.3, 0.4) is 0 Å². The van der Waals surface area contributed by atoms with Gasteiger partial charge in [-0.1, -0.05) is 36.4 Å². The van der Waals surface area contributed by atoms with Crippen molar-refractivity contribution < 1.29 is 0 Å². The summed E-state index contributed by atoms with van der Waals surface area (Å²) in [5, 5.41) is 0. The summed E-state index contributed by atoms with van der Waals surface area (Å²) in [6.45, 7) is 0. The fourth-order valence-electron chi connectivity index (χ4n) is 5.05. The number of rotatable bonds is 0. The minimum Gasteiger partial charge on any atom is -0.355 e. The van der Waals surface area contributed by atoms with Crippen LogP contribution in [-0.2, 0) is 0 Å². The van der Waals surface area contributed by atoms with Gasteiger partial charge in [-0.3, -0.25) is 0 Å². The fraction of sp³-hybridized carbons (Fsp3) is 0. The molecule has 0 spiro atoms. The van der Waals surface area contributed by atoms with Crippen molar-refractivity contribution in [1.29, 1.82) is 0 Å². The summed E-state index contributed by atoms with van der Waals surface area (Å²) in [6, 6.07) is 49.7. The Balaban J connectivity index is 1.53. The van der Waals surface area contributed by atoms with Crippen LogP contribution in [0, 0.1) is 0 Å². The van der Waals surface area contributed by atoms with Crippen LogP contribution < -0.4 is 0 Å². The van der Waals surface area contributed by atoms with Crippen LogP contribution in [0.5, 0.6) is 0 Å². The summed E-state index contributed by atoms with van der Waals surface area (Å²) >= 11 is 0. The Bertz CT molecular complexity index is 1780. The second kappa shape index (κ2) is 11.3. The first-order valence-electron chi connectivity index (χ1n) is 13.9. The molecule has 0 saturated heterocycles. The summed E-state index contributed by atoms with van der Waals surface area (Å²) in [5.74, 6) is 0. The largest absolute Gasteiger partial charge is 0.355 e. The van der Waals surface area contributed by atoms with E-state index in [1.165, 1.54) is 0 Å². The van der Waals surface area contributed by atoms with Gasteiger partial charge in [0, 0.05) is 66.2 Å². The summed E-state index contributed by atoms with van der Waals surface area (Å²) in [6.07, 6.45) is 0. The highest BCUT2D eigenvalue weighted by atomic mass is 14.7. The first kappa shape index (κ1) is 25.1. The molecule has 0 fully saturated rings. The van der Waals surface area contributed by atoms with Gasteiger partial charge in [0.25, 0.3) is 0 Å². The van der Waals surface area contributed by atoms with E-state index in [-0.39, 0.29) is 0 Å². The molecule has 0 aliphatic heterocycles. The molecule has 0 saturated carbocycles. The molecule has 42 heavy (non-hydrogen) atoms. The molecule has 0 radical (unpaired) electrons. The molecule has 1 aromatic heterocycles. The van der Waals surface area contributed by atoms with Gasteiger partial charge in [0.1, 0.15) is 0 Å². The van der Waals surface area contributed by atoms with Crippen LogP contribution in [0.4, 0.5) is 0 Å². The van der Waals surface area contributed by atoms with Gasteiger partial charge >= 0.3 is 0 Å². The van der Waals surface area contributed by atoms with Crippen LogP contribution >= 0.6 is 0 Å². The number of hydrogen-bond acceptors (Lipinski definition) is 0. The Morgan fingerprint density at radius 1 is 0.190 bits per heavy atom. The topological polar surface area (TPSA) is 94.7 Å². The molecule has 0 aliphatic carbocycles. The van der Waals surface area contributed by atoms with E-state index in [2.05, 4.69) is 139 Å². The van der Waals surface area contributed by atoms with Crippen LogP contribution in [0.25, 0.3) is 66.2 Å². The monoisotopic (exact) mass is 546 g/mol. The molecule has 0 aliphatic rings. The summed E-state index contributed by atoms with van der Waals surface area (Å²) in [7, 11) is 0. The quantitative estimate of drug-likeness (QED) is 0.109. The van der Waals surface area contributed by atoms with E-state index in [1.807, 2.05) is 36.4 Å². The molecule has 1 heterocycles. The predicted molar refractivity (Wildman–Crippen MR) is 177 cm³/mol. The molecule has 7 rings (SSSR count). The Hall–Kier alpha value is -5.88. The number of benzene rings is 6. The van der Waals surface area contributed by atoms with Gasteiger partial charge in [-0.2, -0.15) is 0 Å². The van der Waals surface area contributed by atoms with E-state index >= 15 is 0 Å². The lowest BCUT2D eigenvalue weighted by Gasteiger charge is -1.98. The molecule has 7 aromatic rings. The normalized spacial score (nSPS) is 10.9. The average molecular weight is 547 g/mol. The molecule has 6 nitrogen and oxygen atoms in total. The van der Waals surface area contributed by atoms with Gasteiger partial charge in [-0.05, 0) is 109 Å². The first-order chi connectivity index (χ1) is 20.7. The van der Waals surface area contributed by atoms with Gasteiger partial charge in [-0.25, -0.2) is 0 Å². The van der Waals surface area contributed by atoms with Crippen LogP contribution in [-0.4, -0.2) is 29.9 Å². The van der Waals surface area contributed by atoms with E-state index in [9.17, 15) is 0 Å². The van der Waals surface area contributed by atoms with Gasteiger partial charge in [0.05, 0.1) is 0 Å². The van der Waals surface area contributed by atoms with E-state index in [1.54, 1.807) is 0 Å². The minimum absolute atomic E-state index is 0.999.